The van der Waals surface area contributed by atoms with E-state index in [0.717, 1.165) is 30.8 Å². The van der Waals surface area contributed by atoms with Gasteiger partial charge in [-0.15, -0.1) is 22.9 Å². The Balaban J connectivity index is 1.71. The Morgan fingerprint density at radius 2 is 2.19 bits per heavy atom. The van der Waals surface area contributed by atoms with Crippen LogP contribution < -0.4 is 5.32 Å². The van der Waals surface area contributed by atoms with Crippen molar-refractivity contribution in [2.24, 2.45) is 11.8 Å². The summed E-state index contributed by atoms with van der Waals surface area (Å²) in [5, 5.41) is 6.72. The monoisotopic (exact) mass is 258 g/mol. The maximum Gasteiger partial charge on any atom is 0.106 e. The molecule has 90 valence electrons. The van der Waals surface area contributed by atoms with Gasteiger partial charge in [0.1, 0.15) is 5.01 Å². The van der Waals surface area contributed by atoms with Crippen molar-refractivity contribution in [3.05, 3.63) is 16.6 Å². The molecule has 4 heteroatoms. The molecule has 1 fully saturated rings. The molecule has 2 nitrogen and oxygen atoms in total. The summed E-state index contributed by atoms with van der Waals surface area (Å²) in [5.41, 5.74) is 0. The number of rotatable bonds is 5. The quantitative estimate of drug-likeness (QED) is 0.820. The molecule has 1 aromatic heterocycles. The highest BCUT2D eigenvalue weighted by Crippen LogP contribution is 2.30. The zero-order chi connectivity index (χ0) is 11.2. The van der Waals surface area contributed by atoms with Crippen LogP contribution in [0.15, 0.2) is 11.6 Å². The average Bonchev–Trinajstić information content (AvgIpc) is 2.83. The molecule has 1 N–H and O–H groups in total. The van der Waals surface area contributed by atoms with Crippen molar-refractivity contribution >= 4 is 22.9 Å². The van der Waals surface area contributed by atoms with E-state index in [0.29, 0.717) is 0 Å². The topological polar surface area (TPSA) is 24.9 Å². The van der Waals surface area contributed by atoms with Crippen LogP contribution >= 0.6 is 22.9 Å². The van der Waals surface area contributed by atoms with Gasteiger partial charge in [-0.05, 0) is 31.2 Å². The van der Waals surface area contributed by atoms with Gasteiger partial charge < -0.3 is 5.32 Å². The summed E-state index contributed by atoms with van der Waals surface area (Å²) in [6.07, 6.45) is 7.25. The van der Waals surface area contributed by atoms with Crippen LogP contribution in [0.4, 0.5) is 0 Å². The molecule has 2 atom stereocenters. The van der Waals surface area contributed by atoms with Crippen molar-refractivity contribution in [3.63, 3.8) is 0 Å². The summed E-state index contributed by atoms with van der Waals surface area (Å²) in [4.78, 5) is 4.27. The van der Waals surface area contributed by atoms with Crippen molar-refractivity contribution < 1.29 is 0 Å². The highest BCUT2D eigenvalue weighted by atomic mass is 35.5. The van der Waals surface area contributed by atoms with Crippen molar-refractivity contribution in [1.82, 2.24) is 10.3 Å². The first-order valence-electron chi connectivity index (χ1n) is 6.05. The summed E-state index contributed by atoms with van der Waals surface area (Å²) in [6, 6.07) is 0. The molecule has 1 aromatic rings. The highest BCUT2D eigenvalue weighted by Gasteiger charge is 2.23. The van der Waals surface area contributed by atoms with E-state index in [2.05, 4.69) is 10.3 Å². The summed E-state index contributed by atoms with van der Waals surface area (Å²) in [7, 11) is 0. The predicted molar refractivity (Wildman–Crippen MR) is 70.0 cm³/mol. The van der Waals surface area contributed by atoms with Gasteiger partial charge in [0.05, 0.1) is 0 Å². The van der Waals surface area contributed by atoms with Gasteiger partial charge in [-0.1, -0.05) is 12.8 Å². The van der Waals surface area contributed by atoms with Crippen molar-refractivity contribution in [1.29, 1.82) is 0 Å². The largest absolute Gasteiger partial charge is 0.310 e. The number of hydrogen-bond donors (Lipinski definition) is 1. The van der Waals surface area contributed by atoms with E-state index in [-0.39, 0.29) is 0 Å². The lowest BCUT2D eigenvalue weighted by Crippen LogP contribution is -2.31. The number of alkyl halides is 1. The van der Waals surface area contributed by atoms with E-state index >= 15 is 0 Å². The van der Waals surface area contributed by atoms with E-state index in [9.17, 15) is 0 Å². The minimum Gasteiger partial charge on any atom is -0.310 e. The molecule has 0 aromatic carbocycles. The normalized spacial score (nSPS) is 25.8. The third kappa shape index (κ3) is 3.44. The van der Waals surface area contributed by atoms with Gasteiger partial charge in [0.25, 0.3) is 0 Å². The number of halogens is 1. The number of aromatic nitrogens is 1. The molecular weight excluding hydrogens is 240 g/mol. The molecular formula is C12H19ClN2S. The predicted octanol–water partition coefficient (Wildman–Crippen LogP) is 3.28. The van der Waals surface area contributed by atoms with Gasteiger partial charge in [-0.2, -0.15) is 0 Å². The Morgan fingerprint density at radius 1 is 1.38 bits per heavy atom. The average molecular weight is 259 g/mol. The molecule has 0 spiro atoms. The standard InChI is InChI=1S/C12H19ClN2S/c13-7-10-3-1-2-4-11(10)8-14-9-12-15-5-6-16-12/h5-6,10-11,14H,1-4,7-9H2. The van der Waals surface area contributed by atoms with Gasteiger partial charge in [-0.3, -0.25) is 0 Å². The second kappa shape index (κ2) is 6.58. The third-order valence-electron chi connectivity index (χ3n) is 3.43. The zero-order valence-corrected chi connectivity index (χ0v) is 11.1. The van der Waals surface area contributed by atoms with Crippen LogP contribution in [0.1, 0.15) is 30.7 Å². The van der Waals surface area contributed by atoms with Crippen LogP contribution in [-0.2, 0) is 6.54 Å². The van der Waals surface area contributed by atoms with Crippen LogP contribution in [0.5, 0.6) is 0 Å². The van der Waals surface area contributed by atoms with Crippen molar-refractivity contribution in [3.8, 4) is 0 Å². The maximum absolute atomic E-state index is 6.02. The minimum absolute atomic E-state index is 0.721. The molecule has 1 heterocycles. The Bertz CT molecular complexity index is 289. The third-order valence-corrected chi connectivity index (χ3v) is 4.61. The summed E-state index contributed by atoms with van der Waals surface area (Å²) < 4.78 is 0. The van der Waals surface area contributed by atoms with Crippen LogP contribution in [0.2, 0.25) is 0 Å². The van der Waals surface area contributed by atoms with Crippen LogP contribution in [0.3, 0.4) is 0 Å². The maximum atomic E-state index is 6.02. The molecule has 1 aliphatic carbocycles. The van der Waals surface area contributed by atoms with Crippen LogP contribution in [-0.4, -0.2) is 17.4 Å². The van der Waals surface area contributed by atoms with Gasteiger partial charge in [0.15, 0.2) is 0 Å². The number of hydrogen-bond acceptors (Lipinski definition) is 3. The lowest BCUT2D eigenvalue weighted by atomic mass is 9.80. The fourth-order valence-electron chi connectivity index (χ4n) is 2.46. The number of nitrogens with zero attached hydrogens (tertiary/aromatic N) is 1. The summed E-state index contributed by atoms with van der Waals surface area (Å²) in [5.74, 6) is 2.31. The molecule has 1 saturated carbocycles. The van der Waals surface area contributed by atoms with Crippen LogP contribution in [0, 0.1) is 11.8 Å². The van der Waals surface area contributed by atoms with E-state index in [4.69, 9.17) is 11.6 Å². The summed E-state index contributed by atoms with van der Waals surface area (Å²) >= 11 is 7.73. The first kappa shape index (κ1) is 12.3. The molecule has 0 amide bonds. The van der Waals surface area contributed by atoms with E-state index in [1.807, 2.05) is 11.6 Å². The van der Waals surface area contributed by atoms with Gasteiger partial charge in [0.2, 0.25) is 0 Å². The number of thiazole rings is 1. The SMILES string of the molecule is ClCC1CCCCC1CNCc1nccs1. The molecule has 0 radical (unpaired) electrons. The lowest BCUT2D eigenvalue weighted by Gasteiger charge is -2.30. The molecule has 2 unspecified atom stereocenters. The molecule has 0 aliphatic heterocycles. The molecule has 0 bridgehead atoms. The molecule has 16 heavy (non-hydrogen) atoms. The Labute approximate surface area is 106 Å². The second-order valence-corrected chi connectivity index (χ2v) is 5.80. The van der Waals surface area contributed by atoms with Gasteiger partial charge in [0, 0.05) is 24.0 Å². The summed E-state index contributed by atoms with van der Waals surface area (Å²) in [6.45, 7) is 2.00. The van der Waals surface area contributed by atoms with Gasteiger partial charge >= 0.3 is 0 Å². The fourth-order valence-corrected chi connectivity index (χ4v) is 3.45. The first-order valence-corrected chi connectivity index (χ1v) is 7.46. The van der Waals surface area contributed by atoms with Crippen molar-refractivity contribution in [2.75, 3.05) is 12.4 Å². The minimum atomic E-state index is 0.721. The first-order chi connectivity index (χ1) is 7.90. The Morgan fingerprint density at radius 3 is 2.88 bits per heavy atom. The van der Waals surface area contributed by atoms with E-state index < -0.39 is 0 Å². The fraction of sp³-hybridized carbons (Fsp3) is 0.750. The number of nitrogens with one attached hydrogen (secondary N) is 1. The molecule has 1 aliphatic rings. The zero-order valence-electron chi connectivity index (χ0n) is 9.49. The van der Waals surface area contributed by atoms with Crippen molar-refractivity contribution in [2.45, 2.75) is 32.2 Å². The molecule has 0 saturated heterocycles. The highest BCUT2D eigenvalue weighted by molar-refractivity contribution is 7.09. The Kier molecular flexibility index (Phi) is 5.07. The second-order valence-electron chi connectivity index (χ2n) is 4.52. The van der Waals surface area contributed by atoms with Gasteiger partial charge in [-0.25, -0.2) is 4.98 Å². The smallest absolute Gasteiger partial charge is 0.106 e. The van der Waals surface area contributed by atoms with E-state index in [1.54, 1.807) is 11.3 Å². The van der Waals surface area contributed by atoms with E-state index in [1.165, 1.54) is 30.7 Å². The van der Waals surface area contributed by atoms with Crippen LogP contribution in [0.25, 0.3) is 0 Å². The Hall–Kier alpha value is -0.120. The molecule has 2 rings (SSSR count). The lowest BCUT2D eigenvalue weighted by molar-refractivity contribution is 0.250.